The summed E-state index contributed by atoms with van der Waals surface area (Å²) in [7, 11) is 0. The number of benzene rings is 2. The lowest BCUT2D eigenvalue weighted by Crippen LogP contribution is -2.07. The largest absolute Gasteiger partial charge is 0.399 e. The molecular weight excluding hydrogens is 322 g/mol. The summed E-state index contributed by atoms with van der Waals surface area (Å²) >= 11 is 1.75. The van der Waals surface area contributed by atoms with Gasteiger partial charge >= 0.3 is 0 Å². The van der Waals surface area contributed by atoms with Crippen LogP contribution in [0.1, 0.15) is 46.7 Å². The van der Waals surface area contributed by atoms with Crippen molar-refractivity contribution < 1.29 is 0 Å². The van der Waals surface area contributed by atoms with E-state index in [0.717, 1.165) is 29.0 Å². The van der Waals surface area contributed by atoms with Crippen molar-refractivity contribution in [2.45, 2.75) is 46.5 Å². The average molecular weight is 350 g/mol. The van der Waals surface area contributed by atoms with Gasteiger partial charge in [-0.25, -0.2) is 0 Å². The van der Waals surface area contributed by atoms with E-state index in [0.29, 0.717) is 0 Å². The van der Waals surface area contributed by atoms with E-state index in [1.165, 1.54) is 46.2 Å². The average Bonchev–Trinajstić information content (AvgIpc) is 2.56. The number of anilines is 1. The van der Waals surface area contributed by atoms with Crippen molar-refractivity contribution >= 4 is 22.4 Å². The molecule has 0 atom stereocenters. The van der Waals surface area contributed by atoms with Crippen LogP contribution in [0.2, 0.25) is 0 Å². The third kappa shape index (κ3) is 4.01. The van der Waals surface area contributed by atoms with E-state index < -0.39 is 0 Å². The second kappa shape index (κ2) is 7.53. The van der Waals surface area contributed by atoms with Crippen LogP contribution >= 0.6 is 11.8 Å². The number of fused-ring (bicyclic) bond motifs is 1. The summed E-state index contributed by atoms with van der Waals surface area (Å²) in [4.78, 5) is 1.13. The van der Waals surface area contributed by atoms with E-state index in [1.54, 1.807) is 11.8 Å². The highest BCUT2D eigenvalue weighted by Crippen LogP contribution is 2.33. The van der Waals surface area contributed by atoms with Crippen molar-refractivity contribution in [2.75, 3.05) is 5.73 Å². The maximum absolute atomic E-state index is 6.01. The number of thioether (sulfide) groups is 1. The normalized spacial score (nSPS) is 13.3. The molecule has 1 aliphatic carbocycles. The minimum Gasteiger partial charge on any atom is -0.399 e. The topological polar surface area (TPSA) is 26.0 Å². The Labute approximate surface area is 156 Å². The highest BCUT2D eigenvalue weighted by atomic mass is 32.2. The molecule has 25 heavy (non-hydrogen) atoms. The van der Waals surface area contributed by atoms with E-state index in [1.807, 2.05) is 0 Å². The Kier molecular flexibility index (Phi) is 5.39. The smallest absolute Gasteiger partial charge is 0.0346 e. The molecule has 0 saturated heterocycles. The minimum atomic E-state index is 0.881. The van der Waals surface area contributed by atoms with Crippen LogP contribution in [0.25, 0.3) is 4.91 Å². The Morgan fingerprint density at radius 3 is 2.52 bits per heavy atom. The molecule has 0 radical (unpaired) electrons. The SMILES string of the molecule is C=C(S/C=C(\CC)Cc1cc(C)c(N)cc1C)c1ccc2c(c1)CC2. The fourth-order valence-electron chi connectivity index (χ4n) is 3.17. The Morgan fingerprint density at radius 1 is 1.12 bits per heavy atom. The van der Waals surface area contributed by atoms with Crippen LogP contribution in [0.15, 0.2) is 47.9 Å². The Balaban J connectivity index is 1.71. The lowest BCUT2D eigenvalue weighted by atomic mass is 9.87. The fraction of sp³-hybridized carbons (Fsp3) is 0.304. The molecule has 0 amide bonds. The monoisotopic (exact) mass is 349 g/mol. The van der Waals surface area contributed by atoms with Crippen molar-refractivity contribution in [1.29, 1.82) is 0 Å². The molecule has 0 heterocycles. The molecule has 0 saturated carbocycles. The molecule has 1 nitrogen and oxygen atoms in total. The first-order chi connectivity index (χ1) is 12.0. The molecule has 0 aromatic heterocycles. The van der Waals surface area contributed by atoms with Crippen LogP contribution in [0.3, 0.4) is 0 Å². The van der Waals surface area contributed by atoms with E-state index in [4.69, 9.17) is 5.73 Å². The summed E-state index contributed by atoms with van der Waals surface area (Å²) in [6.45, 7) is 10.7. The summed E-state index contributed by atoms with van der Waals surface area (Å²) < 4.78 is 0. The standard InChI is InChI=1S/C23H27NS/c1-5-18(12-22-10-16(3)23(24)11-15(22)2)14-25-17(4)20-8-6-19-7-9-21(19)13-20/h6,8,10-11,13-14H,4-5,7,9,12,24H2,1-3H3/b18-14+. The molecule has 0 fully saturated rings. The number of hydrogen-bond acceptors (Lipinski definition) is 2. The van der Waals surface area contributed by atoms with E-state index in [-0.39, 0.29) is 0 Å². The van der Waals surface area contributed by atoms with Gasteiger partial charge in [0.25, 0.3) is 0 Å². The molecule has 130 valence electrons. The number of hydrogen-bond donors (Lipinski definition) is 1. The van der Waals surface area contributed by atoms with Gasteiger partial charge in [-0.3, -0.25) is 0 Å². The molecule has 1 aliphatic rings. The second-order valence-electron chi connectivity index (χ2n) is 6.97. The molecule has 3 rings (SSSR count). The number of aryl methyl sites for hydroxylation is 4. The maximum atomic E-state index is 6.01. The molecular formula is C23H27NS. The number of nitrogens with two attached hydrogens (primary N) is 1. The van der Waals surface area contributed by atoms with E-state index >= 15 is 0 Å². The van der Waals surface area contributed by atoms with E-state index in [9.17, 15) is 0 Å². The molecule has 2 aromatic carbocycles. The minimum absolute atomic E-state index is 0.881. The van der Waals surface area contributed by atoms with Crippen LogP contribution in [-0.4, -0.2) is 0 Å². The Morgan fingerprint density at radius 2 is 1.88 bits per heavy atom. The summed E-state index contributed by atoms with van der Waals surface area (Å²) in [5, 5.41) is 2.28. The highest BCUT2D eigenvalue weighted by molar-refractivity contribution is 8.10. The summed E-state index contributed by atoms with van der Waals surface area (Å²) in [6, 6.07) is 11.1. The Bertz CT molecular complexity index is 845. The van der Waals surface area contributed by atoms with Gasteiger partial charge in [0.05, 0.1) is 0 Å². The van der Waals surface area contributed by atoms with Gasteiger partial charge < -0.3 is 5.73 Å². The third-order valence-electron chi connectivity index (χ3n) is 5.16. The van der Waals surface area contributed by atoms with Gasteiger partial charge in [-0.15, -0.1) is 0 Å². The predicted octanol–water partition coefficient (Wildman–Crippen LogP) is 6.22. The van der Waals surface area contributed by atoms with Crippen molar-refractivity contribution in [3.05, 3.63) is 81.3 Å². The van der Waals surface area contributed by atoms with Crippen LogP contribution in [0.5, 0.6) is 0 Å². The van der Waals surface area contributed by atoms with Gasteiger partial charge in [0, 0.05) is 10.6 Å². The first-order valence-corrected chi connectivity index (χ1v) is 9.87. The third-order valence-corrected chi connectivity index (χ3v) is 6.13. The lowest BCUT2D eigenvalue weighted by molar-refractivity contribution is 0.839. The number of nitrogen functional groups attached to an aromatic ring is 1. The molecule has 0 aliphatic heterocycles. The maximum Gasteiger partial charge on any atom is 0.0346 e. The number of rotatable bonds is 6. The lowest BCUT2D eigenvalue weighted by Gasteiger charge is -2.19. The fourth-order valence-corrected chi connectivity index (χ4v) is 4.00. The molecule has 0 bridgehead atoms. The first kappa shape index (κ1) is 17.9. The van der Waals surface area contributed by atoms with Crippen LogP contribution in [0.4, 0.5) is 5.69 Å². The Hall–Kier alpha value is -1.93. The summed E-state index contributed by atoms with van der Waals surface area (Å²) in [5.74, 6) is 0. The van der Waals surface area contributed by atoms with Crippen molar-refractivity contribution in [3.8, 4) is 0 Å². The molecule has 0 spiro atoms. The zero-order chi connectivity index (χ0) is 18.0. The van der Waals surface area contributed by atoms with Crippen molar-refractivity contribution in [3.63, 3.8) is 0 Å². The van der Waals surface area contributed by atoms with Crippen molar-refractivity contribution in [2.24, 2.45) is 0 Å². The summed E-state index contributed by atoms with van der Waals surface area (Å²) in [6.07, 6.45) is 4.48. The first-order valence-electron chi connectivity index (χ1n) is 8.99. The molecule has 0 unspecified atom stereocenters. The quantitative estimate of drug-likeness (QED) is 0.626. The molecule has 2 N–H and O–H groups in total. The zero-order valence-electron chi connectivity index (χ0n) is 15.5. The second-order valence-corrected chi connectivity index (χ2v) is 7.93. The van der Waals surface area contributed by atoms with E-state index in [2.05, 4.69) is 63.1 Å². The van der Waals surface area contributed by atoms with Gasteiger partial charge in [-0.1, -0.05) is 55.1 Å². The summed E-state index contributed by atoms with van der Waals surface area (Å²) in [5.41, 5.74) is 16.4. The van der Waals surface area contributed by atoms with Gasteiger partial charge in [-0.2, -0.15) is 0 Å². The van der Waals surface area contributed by atoms with Gasteiger partial charge in [0.2, 0.25) is 0 Å². The van der Waals surface area contributed by atoms with Gasteiger partial charge in [0.15, 0.2) is 0 Å². The van der Waals surface area contributed by atoms with Gasteiger partial charge in [-0.05, 0) is 84.4 Å². The van der Waals surface area contributed by atoms with Crippen LogP contribution in [0, 0.1) is 13.8 Å². The predicted molar refractivity (Wildman–Crippen MR) is 113 cm³/mol. The zero-order valence-corrected chi connectivity index (χ0v) is 16.3. The van der Waals surface area contributed by atoms with Gasteiger partial charge in [0.1, 0.15) is 0 Å². The molecule has 2 aromatic rings. The highest BCUT2D eigenvalue weighted by Gasteiger charge is 2.13. The van der Waals surface area contributed by atoms with Crippen molar-refractivity contribution in [1.82, 2.24) is 0 Å². The number of allylic oxidation sites excluding steroid dienone is 1. The molecule has 2 heteroatoms. The van der Waals surface area contributed by atoms with Crippen LogP contribution < -0.4 is 5.73 Å². The van der Waals surface area contributed by atoms with Crippen LogP contribution in [-0.2, 0) is 19.3 Å².